The minimum atomic E-state index is -0.876. The third-order valence-corrected chi connectivity index (χ3v) is 4.58. The zero-order chi connectivity index (χ0) is 13.8. The normalized spacial score (nSPS) is 15.8. The largest absolute Gasteiger partial charge is 0.481 e. The number of urea groups is 1. The summed E-state index contributed by atoms with van der Waals surface area (Å²) in [5, 5.41) is 14.3. The highest BCUT2D eigenvalue weighted by atomic mass is 79.9. The smallest absolute Gasteiger partial charge is 0.315 e. The van der Waals surface area contributed by atoms with Crippen LogP contribution in [0.2, 0.25) is 0 Å². The summed E-state index contributed by atoms with van der Waals surface area (Å²) < 4.78 is 1.02. The van der Waals surface area contributed by atoms with Gasteiger partial charge in [-0.25, -0.2) is 4.79 Å². The highest BCUT2D eigenvalue weighted by molar-refractivity contribution is 9.11. The Labute approximate surface area is 123 Å². The van der Waals surface area contributed by atoms with Crippen molar-refractivity contribution in [1.29, 1.82) is 0 Å². The molecule has 1 aromatic heterocycles. The van der Waals surface area contributed by atoms with E-state index in [0.717, 1.165) is 21.5 Å². The van der Waals surface area contributed by atoms with Crippen LogP contribution in [0, 0.1) is 5.92 Å². The molecule has 0 aromatic carbocycles. The summed E-state index contributed by atoms with van der Waals surface area (Å²) >= 11 is 4.92. The summed E-state index contributed by atoms with van der Waals surface area (Å²) in [6.45, 7) is 0.451. The van der Waals surface area contributed by atoms with Crippen molar-refractivity contribution < 1.29 is 14.7 Å². The highest BCUT2D eigenvalue weighted by Crippen LogP contribution is 2.34. The molecule has 19 heavy (non-hydrogen) atoms. The van der Waals surface area contributed by atoms with Crippen molar-refractivity contribution in [2.45, 2.75) is 31.8 Å². The Kier molecular flexibility index (Phi) is 4.81. The van der Waals surface area contributed by atoms with Crippen LogP contribution in [0.1, 0.15) is 24.1 Å². The van der Waals surface area contributed by atoms with E-state index >= 15 is 0 Å². The van der Waals surface area contributed by atoms with Gasteiger partial charge in [0.1, 0.15) is 0 Å². The average Bonchev–Trinajstić information content (AvgIpc) is 3.09. The van der Waals surface area contributed by atoms with Crippen molar-refractivity contribution in [3.05, 3.63) is 20.8 Å². The second-order valence-electron chi connectivity index (χ2n) is 4.57. The first kappa shape index (κ1) is 14.3. The molecule has 1 aliphatic rings. The van der Waals surface area contributed by atoms with E-state index in [9.17, 15) is 9.59 Å². The first-order valence-corrected chi connectivity index (χ1v) is 7.66. The molecule has 2 amide bonds. The second kappa shape index (κ2) is 6.38. The van der Waals surface area contributed by atoms with Gasteiger partial charge in [-0.05, 0) is 46.8 Å². The Morgan fingerprint density at radius 2 is 2.21 bits per heavy atom. The third kappa shape index (κ3) is 4.83. The Balaban J connectivity index is 1.77. The van der Waals surface area contributed by atoms with Gasteiger partial charge in [0.05, 0.1) is 16.8 Å². The van der Waals surface area contributed by atoms with Gasteiger partial charge in [0.2, 0.25) is 0 Å². The lowest BCUT2D eigenvalue weighted by Gasteiger charge is -2.16. The maximum Gasteiger partial charge on any atom is 0.315 e. The molecule has 7 heteroatoms. The summed E-state index contributed by atoms with van der Waals surface area (Å²) in [5.74, 6) is -0.558. The Morgan fingerprint density at radius 1 is 1.47 bits per heavy atom. The number of carbonyl (C=O) groups excluding carboxylic acids is 1. The summed E-state index contributed by atoms with van der Waals surface area (Å²) in [6, 6.07) is 3.30. The van der Waals surface area contributed by atoms with Crippen LogP contribution < -0.4 is 10.6 Å². The minimum Gasteiger partial charge on any atom is -0.481 e. The SMILES string of the molecule is O=C(O)CC(NC(=O)NCc1ccc(Br)s1)C1CC1. The van der Waals surface area contributed by atoms with Crippen LogP contribution >= 0.6 is 27.3 Å². The fraction of sp³-hybridized carbons (Fsp3) is 0.500. The first-order valence-electron chi connectivity index (χ1n) is 6.05. The van der Waals surface area contributed by atoms with Crippen molar-refractivity contribution in [3.8, 4) is 0 Å². The maximum absolute atomic E-state index is 11.7. The molecule has 5 nitrogen and oxygen atoms in total. The number of aliphatic carboxylic acids is 1. The van der Waals surface area contributed by atoms with E-state index < -0.39 is 5.97 Å². The number of rotatable bonds is 6. The van der Waals surface area contributed by atoms with E-state index in [1.54, 1.807) is 11.3 Å². The van der Waals surface area contributed by atoms with Crippen molar-refractivity contribution in [3.63, 3.8) is 0 Å². The number of hydrogen-bond acceptors (Lipinski definition) is 3. The summed E-state index contributed by atoms with van der Waals surface area (Å²) in [4.78, 5) is 23.5. The summed E-state index contributed by atoms with van der Waals surface area (Å²) in [6.07, 6.45) is 1.98. The molecular formula is C12H15BrN2O3S. The predicted molar refractivity (Wildman–Crippen MR) is 76.2 cm³/mol. The fourth-order valence-corrected chi connectivity index (χ4v) is 3.28. The second-order valence-corrected chi connectivity index (χ2v) is 7.12. The number of halogens is 1. The summed E-state index contributed by atoms with van der Waals surface area (Å²) in [7, 11) is 0. The molecule has 1 heterocycles. The average molecular weight is 347 g/mol. The van der Waals surface area contributed by atoms with Gasteiger partial charge in [-0.2, -0.15) is 0 Å². The van der Waals surface area contributed by atoms with Crippen LogP contribution in [0.5, 0.6) is 0 Å². The molecule has 1 aliphatic carbocycles. The molecule has 1 unspecified atom stereocenters. The van der Waals surface area contributed by atoms with E-state index in [-0.39, 0.29) is 18.5 Å². The van der Waals surface area contributed by atoms with Crippen LogP contribution in [0.15, 0.2) is 15.9 Å². The van der Waals surface area contributed by atoms with Gasteiger partial charge in [0, 0.05) is 10.9 Å². The number of amides is 2. The number of carboxylic acid groups (broad SMARTS) is 1. The zero-order valence-corrected chi connectivity index (χ0v) is 12.6. The lowest BCUT2D eigenvalue weighted by molar-refractivity contribution is -0.137. The Hall–Kier alpha value is -1.08. The standard InChI is InChI=1S/C12H15BrN2O3S/c13-10-4-3-8(19-10)6-14-12(18)15-9(5-11(16)17)7-1-2-7/h3-4,7,9H,1-2,5-6H2,(H,16,17)(H2,14,15,18). The molecule has 1 saturated carbocycles. The molecule has 2 rings (SSSR count). The molecule has 0 bridgehead atoms. The predicted octanol–water partition coefficient (Wildman–Crippen LogP) is 2.56. The van der Waals surface area contributed by atoms with E-state index in [1.807, 2.05) is 12.1 Å². The number of nitrogens with one attached hydrogen (secondary N) is 2. The molecule has 3 N–H and O–H groups in total. The molecule has 0 aliphatic heterocycles. The van der Waals surface area contributed by atoms with E-state index in [4.69, 9.17) is 5.11 Å². The van der Waals surface area contributed by atoms with Crippen LogP contribution in [-0.2, 0) is 11.3 Å². The summed E-state index contributed by atoms with van der Waals surface area (Å²) in [5.41, 5.74) is 0. The minimum absolute atomic E-state index is 0.0113. The van der Waals surface area contributed by atoms with Crippen LogP contribution in [-0.4, -0.2) is 23.1 Å². The lowest BCUT2D eigenvalue weighted by Crippen LogP contribution is -2.43. The van der Waals surface area contributed by atoms with Crippen LogP contribution in [0.4, 0.5) is 4.79 Å². The monoisotopic (exact) mass is 346 g/mol. The molecule has 104 valence electrons. The third-order valence-electron chi connectivity index (χ3n) is 2.95. The van der Waals surface area contributed by atoms with Crippen molar-refractivity contribution in [2.75, 3.05) is 0 Å². The Morgan fingerprint density at radius 3 is 2.74 bits per heavy atom. The molecule has 1 fully saturated rings. The quantitative estimate of drug-likeness (QED) is 0.740. The first-order chi connectivity index (χ1) is 9.04. The molecule has 1 aromatic rings. The van der Waals surface area contributed by atoms with Gasteiger partial charge in [0.25, 0.3) is 0 Å². The number of hydrogen-bond donors (Lipinski definition) is 3. The molecule has 0 saturated heterocycles. The van der Waals surface area contributed by atoms with E-state index in [0.29, 0.717) is 12.5 Å². The number of carboxylic acids is 1. The van der Waals surface area contributed by atoms with E-state index in [2.05, 4.69) is 26.6 Å². The van der Waals surface area contributed by atoms with Gasteiger partial charge in [-0.3, -0.25) is 4.79 Å². The van der Waals surface area contributed by atoms with Gasteiger partial charge in [-0.1, -0.05) is 0 Å². The van der Waals surface area contributed by atoms with Crippen LogP contribution in [0.25, 0.3) is 0 Å². The molecule has 1 atom stereocenters. The van der Waals surface area contributed by atoms with Gasteiger partial charge in [-0.15, -0.1) is 11.3 Å². The Bertz CT molecular complexity index is 473. The lowest BCUT2D eigenvalue weighted by atomic mass is 10.1. The molecular weight excluding hydrogens is 332 g/mol. The van der Waals surface area contributed by atoms with Crippen molar-refractivity contribution in [2.24, 2.45) is 5.92 Å². The van der Waals surface area contributed by atoms with Gasteiger partial charge >= 0.3 is 12.0 Å². The zero-order valence-electron chi connectivity index (χ0n) is 10.2. The topological polar surface area (TPSA) is 78.4 Å². The fourth-order valence-electron chi connectivity index (χ4n) is 1.86. The van der Waals surface area contributed by atoms with Crippen molar-refractivity contribution in [1.82, 2.24) is 10.6 Å². The number of thiophene rings is 1. The van der Waals surface area contributed by atoms with Gasteiger partial charge < -0.3 is 15.7 Å². The highest BCUT2D eigenvalue weighted by Gasteiger charge is 2.33. The van der Waals surface area contributed by atoms with Crippen molar-refractivity contribution >= 4 is 39.3 Å². The molecule has 0 spiro atoms. The maximum atomic E-state index is 11.7. The molecule has 0 radical (unpaired) electrons. The van der Waals surface area contributed by atoms with Gasteiger partial charge in [0.15, 0.2) is 0 Å². The van der Waals surface area contributed by atoms with Crippen LogP contribution in [0.3, 0.4) is 0 Å². The van der Waals surface area contributed by atoms with E-state index in [1.165, 1.54) is 0 Å². The number of carbonyl (C=O) groups is 2.